The molecule has 3 aromatic carbocycles. The predicted molar refractivity (Wildman–Crippen MR) is 153 cm³/mol. The second kappa shape index (κ2) is 11.9. The Labute approximate surface area is 252 Å². The van der Waals surface area contributed by atoms with Gasteiger partial charge in [0.25, 0.3) is 5.69 Å². The summed E-state index contributed by atoms with van der Waals surface area (Å²) in [5.41, 5.74) is -3.89. The van der Waals surface area contributed by atoms with Crippen molar-refractivity contribution in [2.75, 3.05) is 38.5 Å². The van der Waals surface area contributed by atoms with Gasteiger partial charge in [-0.2, -0.15) is 23.1 Å². The third-order valence-electron chi connectivity index (χ3n) is 7.20. The Balaban J connectivity index is 1.87. The molecule has 236 valence electrons. The average molecular weight is 633 g/mol. The van der Waals surface area contributed by atoms with Gasteiger partial charge in [0.2, 0.25) is 0 Å². The van der Waals surface area contributed by atoms with E-state index >= 15 is 4.39 Å². The normalized spacial score (nSPS) is 17.0. The van der Waals surface area contributed by atoms with Crippen molar-refractivity contribution in [2.45, 2.75) is 31.5 Å². The molecule has 5 rings (SSSR count). The van der Waals surface area contributed by atoms with E-state index in [2.05, 4.69) is 15.9 Å². The first-order chi connectivity index (χ1) is 21.2. The number of nitro groups is 1. The first-order valence-electron chi connectivity index (χ1n) is 13.4. The van der Waals surface area contributed by atoms with Gasteiger partial charge < -0.3 is 24.2 Å². The van der Waals surface area contributed by atoms with Crippen molar-refractivity contribution in [2.24, 2.45) is 0 Å². The Hall–Kier alpha value is -4.81. The lowest BCUT2D eigenvalue weighted by Crippen LogP contribution is -2.46. The molecule has 1 aliphatic rings. The van der Waals surface area contributed by atoms with Gasteiger partial charge in [0.15, 0.2) is 19.2 Å². The molecule has 45 heavy (non-hydrogen) atoms. The van der Waals surface area contributed by atoms with Gasteiger partial charge in [-0.3, -0.25) is 10.1 Å². The van der Waals surface area contributed by atoms with E-state index in [4.69, 9.17) is 20.6 Å². The SMILES string of the molecule is C#Cc1c(F)ccc2cc(OCOC)cc(-c3c([N+](=O)[O-])cc4c(N5CCCC(C)(O)C5)nc(OCC(F)(F)F)nc4c3F)c12. The molecule has 0 aliphatic carbocycles. The molecule has 1 fully saturated rings. The quantitative estimate of drug-likeness (QED) is 0.0833. The van der Waals surface area contributed by atoms with Crippen LogP contribution in [-0.2, 0) is 4.74 Å². The van der Waals surface area contributed by atoms with Crippen LogP contribution in [0.3, 0.4) is 0 Å². The number of halogens is 5. The standard InChI is InChI=1S/C30H25F5N4O6/c1-4-18-21(31)7-6-16-10-17(45-15-43-3)11-19(23(16)18)24-22(39(41)42)12-20-26(25(24)32)36-28(44-14-30(33,34)35)37-27(20)38-9-5-8-29(2,40)13-38/h1,6-7,10-12,40H,5,8-9,13-15H2,2-3H3. The molecule has 0 amide bonds. The number of hydrogen-bond donors (Lipinski definition) is 1. The van der Waals surface area contributed by atoms with Crippen molar-refractivity contribution in [3.05, 3.63) is 57.6 Å². The van der Waals surface area contributed by atoms with Crippen molar-refractivity contribution >= 4 is 33.2 Å². The Morgan fingerprint density at radius 3 is 2.60 bits per heavy atom. The van der Waals surface area contributed by atoms with Gasteiger partial charge >= 0.3 is 12.2 Å². The van der Waals surface area contributed by atoms with Crippen LogP contribution in [-0.4, -0.2) is 65.4 Å². The Kier molecular flexibility index (Phi) is 8.39. The smallest absolute Gasteiger partial charge is 0.422 e. The number of nitro benzene ring substituents is 1. The van der Waals surface area contributed by atoms with Gasteiger partial charge in [-0.1, -0.05) is 12.0 Å². The van der Waals surface area contributed by atoms with Gasteiger partial charge in [-0.25, -0.2) is 8.78 Å². The number of nitrogens with zero attached hydrogens (tertiary/aromatic N) is 4. The summed E-state index contributed by atoms with van der Waals surface area (Å²) in [4.78, 5) is 21.0. The van der Waals surface area contributed by atoms with Gasteiger partial charge in [0, 0.05) is 37.2 Å². The summed E-state index contributed by atoms with van der Waals surface area (Å²) in [6.45, 7) is -0.343. The van der Waals surface area contributed by atoms with Crippen molar-refractivity contribution < 1.29 is 46.2 Å². The summed E-state index contributed by atoms with van der Waals surface area (Å²) in [7, 11) is 1.35. The predicted octanol–water partition coefficient (Wildman–Crippen LogP) is 5.89. The van der Waals surface area contributed by atoms with E-state index in [9.17, 15) is 32.8 Å². The zero-order chi connectivity index (χ0) is 32.7. The number of β-amino-alcohol motifs (C(OH)–C–C–N with tert-alkyl or cyclic N) is 1. The van der Waals surface area contributed by atoms with Crippen molar-refractivity contribution in [1.82, 2.24) is 9.97 Å². The van der Waals surface area contributed by atoms with Crippen molar-refractivity contribution in [1.29, 1.82) is 0 Å². The number of rotatable bonds is 8. The van der Waals surface area contributed by atoms with Crippen LogP contribution in [0.2, 0.25) is 0 Å². The molecular weight excluding hydrogens is 607 g/mol. The number of alkyl halides is 3. The molecule has 10 nitrogen and oxygen atoms in total. The molecule has 1 aromatic heterocycles. The van der Waals surface area contributed by atoms with Gasteiger partial charge in [-0.05, 0) is 43.4 Å². The maximum absolute atomic E-state index is 16.8. The number of aliphatic hydroxyl groups is 1. The van der Waals surface area contributed by atoms with E-state index in [1.807, 2.05) is 0 Å². The molecule has 2 heterocycles. The van der Waals surface area contributed by atoms with E-state index in [-0.39, 0.29) is 58.7 Å². The number of benzene rings is 3. The molecule has 1 saturated heterocycles. The Morgan fingerprint density at radius 1 is 1.20 bits per heavy atom. The number of piperidine rings is 1. The summed E-state index contributed by atoms with van der Waals surface area (Å²) < 4.78 is 86.1. The summed E-state index contributed by atoms with van der Waals surface area (Å²) in [6, 6.07) is 5.19. The minimum atomic E-state index is -4.79. The number of fused-ring (bicyclic) bond motifs is 2. The second-order valence-electron chi connectivity index (χ2n) is 10.7. The number of ether oxygens (including phenoxy) is 3. The highest BCUT2D eigenvalue weighted by Gasteiger charge is 2.35. The topological polar surface area (TPSA) is 120 Å². The first-order valence-corrected chi connectivity index (χ1v) is 13.4. The first kappa shape index (κ1) is 31.6. The average Bonchev–Trinajstić information content (AvgIpc) is 2.97. The molecule has 1 aliphatic heterocycles. The number of terminal acetylenes is 1. The number of hydrogen-bond acceptors (Lipinski definition) is 9. The largest absolute Gasteiger partial charge is 0.468 e. The molecule has 1 atom stereocenters. The lowest BCUT2D eigenvalue weighted by molar-refractivity contribution is -0.384. The maximum atomic E-state index is 16.8. The summed E-state index contributed by atoms with van der Waals surface area (Å²) in [6.07, 6.45) is 1.63. The Morgan fingerprint density at radius 2 is 1.96 bits per heavy atom. The van der Waals surface area contributed by atoms with E-state index in [1.54, 1.807) is 0 Å². The molecular formula is C30H25F5N4O6. The van der Waals surface area contributed by atoms with Crippen LogP contribution in [0.4, 0.5) is 33.5 Å². The zero-order valence-electron chi connectivity index (χ0n) is 23.9. The van der Waals surface area contributed by atoms with Gasteiger partial charge in [0.1, 0.15) is 22.9 Å². The lowest BCUT2D eigenvalue weighted by Gasteiger charge is -2.38. The molecule has 0 saturated carbocycles. The van der Waals surface area contributed by atoms with Crippen LogP contribution in [0.1, 0.15) is 25.3 Å². The monoisotopic (exact) mass is 632 g/mol. The minimum absolute atomic E-state index is 0.0569. The molecule has 0 spiro atoms. The van der Waals surface area contributed by atoms with Crippen LogP contribution < -0.4 is 14.4 Å². The van der Waals surface area contributed by atoms with E-state index in [1.165, 1.54) is 37.1 Å². The third kappa shape index (κ3) is 6.38. The molecule has 15 heteroatoms. The third-order valence-corrected chi connectivity index (χ3v) is 7.20. The highest BCUT2D eigenvalue weighted by molar-refractivity contribution is 6.06. The number of anilines is 1. The molecule has 0 bridgehead atoms. The highest BCUT2D eigenvalue weighted by atomic mass is 19.4. The maximum Gasteiger partial charge on any atom is 0.422 e. The van der Waals surface area contributed by atoms with E-state index in [0.29, 0.717) is 12.8 Å². The van der Waals surface area contributed by atoms with Gasteiger partial charge in [0.05, 0.1) is 27.0 Å². The van der Waals surface area contributed by atoms with E-state index < -0.39 is 57.7 Å². The molecule has 1 unspecified atom stereocenters. The van der Waals surface area contributed by atoms with E-state index in [0.717, 1.165) is 12.1 Å². The van der Waals surface area contributed by atoms with Gasteiger partial charge in [-0.15, -0.1) is 6.42 Å². The second-order valence-corrected chi connectivity index (χ2v) is 10.7. The van der Waals surface area contributed by atoms with Crippen LogP contribution in [0.25, 0.3) is 32.8 Å². The van der Waals surface area contributed by atoms with Crippen LogP contribution in [0.5, 0.6) is 11.8 Å². The molecule has 1 N–H and O–H groups in total. The summed E-state index contributed by atoms with van der Waals surface area (Å²) in [5.74, 6) is -0.100. The summed E-state index contributed by atoms with van der Waals surface area (Å²) >= 11 is 0. The zero-order valence-corrected chi connectivity index (χ0v) is 23.9. The van der Waals surface area contributed by atoms with Crippen LogP contribution >= 0.6 is 0 Å². The fourth-order valence-electron chi connectivity index (χ4n) is 5.39. The molecule has 4 aromatic rings. The van der Waals surface area contributed by atoms with Crippen LogP contribution in [0.15, 0.2) is 30.3 Å². The fourth-order valence-corrected chi connectivity index (χ4v) is 5.39. The number of aromatic nitrogens is 2. The summed E-state index contributed by atoms with van der Waals surface area (Å²) in [5, 5.41) is 23.2. The van der Waals surface area contributed by atoms with Crippen molar-refractivity contribution in [3.63, 3.8) is 0 Å². The highest BCUT2D eigenvalue weighted by Crippen LogP contribution is 2.45. The molecule has 0 radical (unpaired) electrons. The lowest BCUT2D eigenvalue weighted by atomic mass is 9.91. The Bertz CT molecular complexity index is 1860. The van der Waals surface area contributed by atoms with Crippen LogP contribution in [0, 0.1) is 34.1 Å². The minimum Gasteiger partial charge on any atom is -0.468 e. The fraction of sp³-hybridized carbons (Fsp3) is 0.333. The number of methoxy groups -OCH3 is 1. The van der Waals surface area contributed by atoms with Crippen molar-refractivity contribution in [3.8, 4) is 35.2 Å².